The summed E-state index contributed by atoms with van der Waals surface area (Å²) in [5.41, 5.74) is -3.64. The molecule has 9 nitrogen and oxygen atoms in total. The van der Waals surface area contributed by atoms with Gasteiger partial charge in [-0.05, 0) is 74.7 Å². The van der Waals surface area contributed by atoms with E-state index in [1.165, 1.54) is 19.1 Å². The molecule has 0 aliphatic rings. The number of aromatic hydroxyl groups is 1. The van der Waals surface area contributed by atoms with Crippen molar-refractivity contribution in [2.24, 2.45) is 0 Å². The summed E-state index contributed by atoms with van der Waals surface area (Å²) in [6.45, 7) is 10.6. The van der Waals surface area contributed by atoms with Gasteiger partial charge in [0.2, 0.25) is 0 Å². The van der Waals surface area contributed by atoms with E-state index >= 15 is 4.39 Å². The Morgan fingerprint density at radius 3 is 1.84 bits per heavy atom. The highest BCUT2D eigenvalue weighted by Gasteiger charge is 2.39. The van der Waals surface area contributed by atoms with Crippen molar-refractivity contribution in [1.82, 2.24) is 4.90 Å². The van der Waals surface area contributed by atoms with E-state index in [4.69, 9.17) is 14.2 Å². The van der Waals surface area contributed by atoms with Crippen LogP contribution in [0.15, 0.2) is 30.3 Å². The van der Waals surface area contributed by atoms with E-state index in [1.807, 2.05) is 0 Å². The Morgan fingerprint density at radius 2 is 1.41 bits per heavy atom. The number of amides is 2. The fourth-order valence-electron chi connectivity index (χ4n) is 3.35. The Hall–Kier alpha value is -3.66. The third-order valence-electron chi connectivity index (χ3n) is 4.72. The van der Waals surface area contributed by atoms with Crippen molar-refractivity contribution in [3.8, 4) is 11.5 Å². The number of carbonyl (C=O) groups is 3. The average Bonchev–Trinajstić information content (AvgIpc) is 2.72. The Balaban J connectivity index is 2.84. The summed E-state index contributed by atoms with van der Waals surface area (Å²) >= 11 is 0. The van der Waals surface area contributed by atoms with Crippen molar-refractivity contribution >= 4 is 23.8 Å². The molecule has 2 aromatic carbocycles. The second-order valence-electron chi connectivity index (χ2n) is 10.7. The summed E-state index contributed by atoms with van der Waals surface area (Å²) in [5, 5.41) is 11.4. The zero-order valence-corrected chi connectivity index (χ0v) is 22.8. The third-order valence-corrected chi connectivity index (χ3v) is 4.72. The number of ether oxygens (including phenoxy) is 3. The van der Waals surface area contributed by atoms with Crippen molar-refractivity contribution in [3.63, 3.8) is 0 Å². The molecular weight excluding hydrogens is 483 g/mol. The topological polar surface area (TPSA) is 106 Å². The molecule has 0 spiro atoms. The number of phenols is 1. The summed E-state index contributed by atoms with van der Waals surface area (Å²) < 4.78 is 32.0. The van der Waals surface area contributed by atoms with Crippen molar-refractivity contribution in [1.29, 1.82) is 0 Å². The Labute approximate surface area is 216 Å². The molecule has 0 aliphatic carbocycles. The van der Waals surface area contributed by atoms with Gasteiger partial charge >= 0.3 is 18.2 Å². The first-order valence-electron chi connectivity index (χ1n) is 11.6. The third kappa shape index (κ3) is 7.66. The Kier molecular flexibility index (Phi) is 8.92. The minimum Gasteiger partial charge on any atom is -0.505 e. The van der Waals surface area contributed by atoms with Crippen LogP contribution in [0.25, 0.3) is 0 Å². The number of para-hydroxylation sites is 1. The first kappa shape index (κ1) is 29.6. The highest BCUT2D eigenvalue weighted by molar-refractivity contribution is 6.13. The first-order valence-corrected chi connectivity index (χ1v) is 11.6. The van der Waals surface area contributed by atoms with Crippen LogP contribution in [0.2, 0.25) is 0 Å². The van der Waals surface area contributed by atoms with Crippen molar-refractivity contribution in [2.45, 2.75) is 66.2 Å². The molecule has 0 atom stereocenters. The van der Waals surface area contributed by atoms with Crippen LogP contribution in [-0.2, 0) is 16.0 Å². The molecule has 37 heavy (non-hydrogen) atoms. The van der Waals surface area contributed by atoms with Crippen LogP contribution in [0.1, 0.15) is 63.0 Å². The second kappa shape index (κ2) is 11.2. The minimum absolute atomic E-state index is 0.133. The number of imide groups is 1. The summed E-state index contributed by atoms with van der Waals surface area (Å²) in [5.74, 6) is -2.65. The SMILES string of the molecule is Cc1c(F)c(CN(C)C)c(N(C(=O)OC(C)(C)C)C(=O)OC(C)(C)C)c(O)c1C(=O)Oc1ccccc1. The van der Waals surface area contributed by atoms with E-state index in [2.05, 4.69) is 0 Å². The largest absolute Gasteiger partial charge is 0.505 e. The molecule has 0 aromatic heterocycles. The van der Waals surface area contributed by atoms with Gasteiger partial charge in [-0.2, -0.15) is 4.90 Å². The van der Waals surface area contributed by atoms with Crippen LogP contribution in [-0.4, -0.2) is 53.5 Å². The molecule has 2 rings (SSSR count). The predicted octanol–water partition coefficient (Wildman–Crippen LogP) is 5.80. The normalized spacial score (nSPS) is 11.8. The molecule has 0 aliphatic heterocycles. The molecule has 202 valence electrons. The van der Waals surface area contributed by atoms with E-state index in [1.54, 1.807) is 78.7 Å². The molecule has 10 heteroatoms. The van der Waals surface area contributed by atoms with Crippen LogP contribution >= 0.6 is 0 Å². The Morgan fingerprint density at radius 1 is 0.919 bits per heavy atom. The van der Waals surface area contributed by atoms with Gasteiger partial charge < -0.3 is 24.2 Å². The summed E-state index contributed by atoms with van der Waals surface area (Å²) in [6.07, 6.45) is -2.44. The van der Waals surface area contributed by atoms with Gasteiger partial charge in [-0.3, -0.25) is 0 Å². The lowest BCUT2D eigenvalue weighted by atomic mass is 9.98. The summed E-state index contributed by atoms with van der Waals surface area (Å²) in [4.78, 5) is 41.7. The average molecular weight is 519 g/mol. The van der Waals surface area contributed by atoms with Crippen molar-refractivity contribution in [3.05, 3.63) is 52.8 Å². The van der Waals surface area contributed by atoms with Crippen LogP contribution in [0.3, 0.4) is 0 Å². The molecule has 0 radical (unpaired) electrons. The van der Waals surface area contributed by atoms with Gasteiger partial charge in [0.15, 0.2) is 5.75 Å². The van der Waals surface area contributed by atoms with Gasteiger partial charge in [-0.25, -0.2) is 18.8 Å². The number of esters is 1. The van der Waals surface area contributed by atoms with E-state index < -0.39 is 52.2 Å². The number of benzene rings is 2. The lowest BCUT2D eigenvalue weighted by molar-refractivity contribution is 0.0426. The molecule has 1 N–H and O–H groups in total. The Bertz CT molecular complexity index is 1140. The van der Waals surface area contributed by atoms with Crippen LogP contribution in [0.4, 0.5) is 19.7 Å². The van der Waals surface area contributed by atoms with Gasteiger partial charge in [-0.15, -0.1) is 0 Å². The van der Waals surface area contributed by atoms with Crippen molar-refractivity contribution < 1.29 is 38.1 Å². The number of nitrogens with zero attached hydrogens (tertiary/aromatic N) is 2. The van der Waals surface area contributed by atoms with Gasteiger partial charge in [0.25, 0.3) is 0 Å². The quantitative estimate of drug-likeness (QED) is 0.391. The number of phenolic OH excluding ortho intramolecular Hbond substituents is 1. The molecule has 0 bridgehead atoms. The van der Waals surface area contributed by atoms with Crippen LogP contribution in [0.5, 0.6) is 11.5 Å². The molecule has 2 aromatic rings. The molecule has 2 amide bonds. The molecule has 0 fully saturated rings. The van der Waals surface area contributed by atoms with Crippen molar-refractivity contribution in [2.75, 3.05) is 19.0 Å². The first-order chi connectivity index (χ1) is 16.9. The van der Waals surface area contributed by atoms with Crippen LogP contribution in [0, 0.1) is 12.7 Å². The monoisotopic (exact) mass is 518 g/mol. The second-order valence-corrected chi connectivity index (χ2v) is 10.7. The number of rotatable bonds is 5. The number of carbonyl (C=O) groups excluding carboxylic acids is 3. The lowest BCUT2D eigenvalue weighted by Gasteiger charge is -2.31. The smallest absolute Gasteiger partial charge is 0.424 e. The zero-order chi connectivity index (χ0) is 28.3. The van der Waals surface area contributed by atoms with Gasteiger partial charge in [-0.1, -0.05) is 18.2 Å². The summed E-state index contributed by atoms with van der Waals surface area (Å²) in [7, 11) is 3.27. The lowest BCUT2D eigenvalue weighted by Crippen LogP contribution is -2.44. The number of hydrogen-bond acceptors (Lipinski definition) is 8. The molecule has 0 saturated carbocycles. The minimum atomic E-state index is -1.22. The van der Waals surface area contributed by atoms with E-state index in [0.717, 1.165) is 0 Å². The number of halogens is 1. The van der Waals surface area contributed by atoms with Gasteiger partial charge in [0.1, 0.15) is 34.0 Å². The van der Waals surface area contributed by atoms with E-state index in [-0.39, 0.29) is 23.4 Å². The maximum Gasteiger partial charge on any atom is 0.424 e. The zero-order valence-electron chi connectivity index (χ0n) is 22.8. The maximum absolute atomic E-state index is 15.8. The maximum atomic E-state index is 15.8. The molecular formula is C27H35FN2O7. The standard InChI is InChI=1S/C27H35FN2O7/c1-16-19(23(32)35-17-13-11-10-12-14-17)22(31)21(18(20(16)28)15-29(8)9)30(24(33)36-26(2,3)4)25(34)37-27(5,6)7/h10-14,31H,15H2,1-9H3. The van der Waals surface area contributed by atoms with E-state index in [9.17, 15) is 19.5 Å². The highest BCUT2D eigenvalue weighted by Crippen LogP contribution is 2.41. The van der Waals surface area contributed by atoms with E-state index in [0.29, 0.717) is 4.90 Å². The van der Waals surface area contributed by atoms with Gasteiger partial charge in [0, 0.05) is 17.7 Å². The fourth-order valence-corrected chi connectivity index (χ4v) is 3.35. The molecule has 0 saturated heterocycles. The molecule has 0 heterocycles. The summed E-state index contributed by atoms with van der Waals surface area (Å²) in [6, 6.07) is 8.00. The molecule has 0 unspecified atom stereocenters. The highest BCUT2D eigenvalue weighted by atomic mass is 19.1. The van der Waals surface area contributed by atoms with Gasteiger partial charge in [0.05, 0.1) is 0 Å². The predicted molar refractivity (Wildman–Crippen MR) is 137 cm³/mol. The number of anilines is 1. The van der Waals surface area contributed by atoms with Crippen LogP contribution < -0.4 is 9.64 Å². The fraction of sp³-hybridized carbons (Fsp3) is 0.444. The number of hydrogen-bond donors (Lipinski definition) is 1.